The summed E-state index contributed by atoms with van der Waals surface area (Å²) in [6.07, 6.45) is 0. The Balaban J connectivity index is 2.41. The first-order valence-corrected chi connectivity index (χ1v) is 4.03. The van der Waals surface area contributed by atoms with Gasteiger partial charge in [0.1, 0.15) is 0 Å². The molecule has 60 valence electrons. The second kappa shape index (κ2) is 3.32. The first kappa shape index (κ1) is 7.98. The highest BCUT2D eigenvalue weighted by molar-refractivity contribution is 4.77. The van der Waals surface area contributed by atoms with E-state index in [1.54, 1.807) is 0 Å². The molecule has 0 radical (unpaired) electrons. The predicted molar refractivity (Wildman–Crippen MR) is 42.5 cm³/mol. The number of likely N-dealkylation sites (N-methyl/N-ethyl adjacent to an activating group) is 2. The van der Waals surface area contributed by atoms with Gasteiger partial charge < -0.3 is 5.73 Å². The number of nitrogens with zero attached hydrogens (tertiary/aromatic N) is 2. The summed E-state index contributed by atoms with van der Waals surface area (Å²) in [6.45, 7) is 8.57. The third kappa shape index (κ3) is 1.48. The summed E-state index contributed by atoms with van der Waals surface area (Å²) in [5.74, 6) is 0. The van der Waals surface area contributed by atoms with Crippen molar-refractivity contribution in [3.8, 4) is 0 Å². The van der Waals surface area contributed by atoms with E-state index in [0.29, 0.717) is 6.04 Å². The lowest BCUT2D eigenvalue weighted by molar-refractivity contribution is 0.0388. The van der Waals surface area contributed by atoms with Gasteiger partial charge in [0, 0.05) is 32.2 Å². The van der Waals surface area contributed by atoms with E-state index in [2.05, 4.69) is 23.9 Å². The molecular weight excluding hydrogens is 126 g/mol. The molecule has 0 bridgehead atoms. The molecule has 0 aromatic rings. The van der Waals surface area contributed by atoms with Crippen LogP contribution in [0.25, 0.3) is 0 Å². The van der Waals surface area contributed by atoms with E-state index in [1.807, 2.05) is 0 Å². The molecule has 1 rings (SSSR count). The largest absolute Gasteiger partial charge is 0.325 e. The molecule has 2 N–H and O–H groups in total. The molecule has 3 nitrogen and oxygen atoms in total. The molecule has 0 aliphatic carbocycles. The van der Waals surface area contributed by atoms with Crippen LogP contribution in [-0.2, 0) is 0 Å². The van der Waals surface area contributed by atoms with Gasteiger partial charge in [-0.3, -0.25) is 0 Å². The van der Waals surface area contributed by atoms with Crippen molar-refractivity contribution < 1.29 is 0 Å². The maximum absolute atomic E-state index is 5.78. The lowest BCUT2D eigenvalue weighted by Gasteiger charge is -2.24. The highest BCUT2D eigenvalue weighted by Gasteiger charge is 2.24. The van der Waals surface area contributed by atoms with Crippen LogP contribution in [0.1, 0.15) is 13.8 Å². The Morgan fingerprint density at radius 2 is 1.60 bits per heavy atom. The van der Waals surface area contributed by atoms with Gasteiger partial charge in [-0.1, -0.05) is 13.8 Å². The van der Waals surface area contributed by atoms with Crippen LogP contribution in [0.3, 0.4) is 0 Å². The van der Waals surface area contributed by atoms with Crippen molar-refractivity contribution in [3.63, 3.8) is 0 Å². The Morgan fingerprint density at radius 1 is 1.20 bits per heavy atom. The summed E-state index contributed by atoms with van der Waals surface area (Å²) < 4.78 is 0. The molecule has 0 aromatic carbocycles. The normalized spacial score (nSPS) is 24.3. The zero-order valence-corrected chi connectivity index (χ0v) is 6.88. The van der Waals surface area contributed by atoms with Crippen LogP contribution >= 0.6 is 0 Å². The molecule has 1 aliphatic rings. The highest BCUT2D eigenvalue weighted by Crippen LogP contribution is 2.07. The van der Waals surface area contributed by atoms with Crippen molar-refractivity contribution in [2.45, 2.75) is 19.9 Å². The van der Waals surface area contributed by atoms with Crippen LogP contribution in [0.2, 0.25) is 0 Å². The van der Waals surface area contributed by atoms with Gasteiger partial charge in [-0.15, -0.1) is 0 Å². The maximum atomic E-state index is 5.78. The zero-order chi connectivity index (χ0) is 7.56. The minimum Gasteiger partial charge on any atom is -0.325 e. The minimum absolute atomic E-state index is 0.361. The second-order valence-electron chi connectivity index (χ2n) is 2.77. The molecule has 0 amide bonds. The average molecular weight is 143 g/mol. The molecule has 0 unspecified atom stereocenters. The van der Waals surface area contributed by atoms with Crippen molar-refractivity contribution in [1.82, 2.24) is 10.0 Å². The van der Waals surface area contributed by atoms with E-state index in [1.165, 1.54) is 0 Å². The van der Waals surface area contributed by atoms with Crippen molar-refractivity contribution >= 4 is 0 Å². The molecule has 10 heavy (non-hydrogen) atoms. The van der Waals surface area contributed by atoms with Gasteiger partial charge >= 0.3 is 0 Å². The predicted octanol–water partition coefficient (Wildman–Crippen LogP) is -0.114. The van der Waals surface area contributed by atoms with E-state index >= 15 is 0 Å². The summed E-state index contributed by atoms with van der Waals surface area (Å²) in [7, 11) is 0. The summed E-state index contributed by atoms with van der Waals surface area (Å²) in [6, 6.07) is 0.361. The molecule has 1 saturated heterocycles. The van der Waals surface area contributed by atoms with Crippen LogP contribution in [0, 0.1) is 0 Å². The van der Waals surface area contributed by atoms with Crippen LogP contribution in [0.15, 0.2) is 0 Å². The minimum atomic E-state index is 0.361. The number of nitrogens with two attached hydrogens (primary N) is 1. The first-order valence-electron chi connectivity index (χ1n) is 4.03. The average Bonchev–Trinajstić information content (AvgIpc) is 2.30. The molecule has 1 fully saturated rings. The SMILES string of the molecule is CCN1CC(N)CN1CC. The summed E-state index contributed by atoms with van der Waals surface area (Å²) >= 11 is 0. The third-order valence-electron chi connectivity index (χ3n) is 2.02. The lowest BCUT2D eigenvalue weighted by Crippen LogP contribution is -2.35. The van der Waals surface area contributed by atoms with E-state index < -0.39 is 0 Å². The second-order valence-corrected chi connectivity index (χ2v) is 2.77. The fourth-order valence-corrected chi connectivity index (χ4v) is 1.49. The topological polar surface area (TPSA) is 32.5 Å². The van der Waals surface area contributed by atoms with Crippen LogP contribution < -0.4 is 5.73 Å². The van der Waals surface area contributed by atoms with Crippen LogP contribution in [-0.4, -0.2) is 42.2 Å². The third-order valence-corrected chi connectivity index (χ3v) is 2.02. The summed E-state index contributed by atoms with van der Waals surface area (Å²) in [5, 5.41) is 4.62. The molecule has 1 heterocycles. The Hall–Kier alpha value is -0.120. The van der Waals surface area contributed by atoms with Gasteiger partial charge in [0.05, 0.1) is 0 Å². The smallest absolute Gasteiger partial charge is 0.0325 e. The highest BCUT2D eigenvalue weighted by atomic mass is 15.6. The van der Waals surface area contributed by atoms with Crippen molar-refractivity contribution in [1.29, 1.82) is 0 Å². The van der Waals surface area contributed by atoms with E-state index in [-0.39, 0.29) is 0 Å². The monoisotopic (exact) mass is 143 g/mol. The number of hydrogen-bond donors (Lipinski definition) is 1. The number of hydrazine groups is 1. The molecule has 0 spiro atoms. The van der Waals surface area contributed by atoms with Gasteiger partial charge in [0.2, 0.25) is 0 Å². The van der Waals surface area contributed by atoms with Gasteiger partial charge in [0.25, 0.3) is 0 Å². The molecule has 1 aliphatic heterocycles. The summed E-state index contributed by atoms with van der Waals surface area (Å²) in [5.41, 5.74) is 5.78. The fraction of sp³-hybridized carbons (Fsp3) is 1.00. The van der Waals surface area contributed by atoms with Crippen molar-refractivity contribution in [3.05, 3.63) is 0 Å². The van der Waals surface area contributed by atoms with Crippen molar-refractivity contribution in [2.75, 3.05) is 26.2 Å². The van der Waals surface area contributed by atoms with Gasteiger partial charge in [-0.2, -0.15) is 0 Å². The van der Waals surface area contributed by atoms with Crippen molar-refractivity contribution in [2.24, 2.45) is 5.73 Å². The summed E-state index contributed by atoms with van der Waals surface area (Å²) in [4.78, 5) is 0. The lowest BCUT2D eigenvalue weighted by atomic mass is 10.3. The van der Waals surface area contributed by atoms with Gasteiger partial charge in [-0.25, -0.2) is 10.0 Å². The van der Waals surface area contributed by atoms with Crippen LogP contribution in [0.5, 0.6) is 0 Å². The van der Waals surface area contributed by atoms with Crippen LogP contribution in [0.4, 0.5) is 0 Å². The first-order chi connectivity index (χ1) is 4.77. The standard InChI is InChI=1S/C7H17N3/c1-3-9-5-7(8)6-10(9)4-2/h7H,3-6,8H2,1-2H3. The Kier molecular flexibility index (Phi) is 2.65. The Morgan fingerprint density at radius 3 is 1.90 bits per heavy atom. The molecule has 3 heteroatoms. The Labute approximate surface area is 62.8 Å². The molecule has 0 aromatic heterocycles. The van der Waals surface area contributed by atoms with E-state index in [0.717, 1.165) is 26.2 Å². The van der Waals surface area contributed by atoms with Gasteiger partial charge in [0.15, 0.2) is 0 Å². The molecular formula is C7H17N3. The molecule has 0 atom stereocenters. The van der Waals surface area contributed by atoms with Gasteiger partial charge in [-0.05, 0) is 0 Å². The van der Waals surface area contributed by atoms with E-state index in [4.69, 9.17) is 5.73 Å². The fourth-order valence-electron chi connectivity index (χ4n) is 1.49. The Bertz CT molecular complexity index is 93.0. The number of rotatable bonds is 2. The van der Waals surface area contributed by atoms with E-state index in [9.17, 15) is 0 Å². The zero-order valence-electron chi connectivity index (χ0n) is 6.88. The maximum Gasteiger partial charge on any atom is 0.0325 e. The number of hydrogen-bond acceptors (Lipinski definition) is 3. The quantitative estimate of drug-likeness (QED) is 0.585. The molecule has 0 saturated carbocycles.